The van der Waals surface area contributed by atoms with E-state index in [-0.39, 0.29) is 25.6 Å². The van der Waals surface area contributed by atoms with Gasteiger partial charge in [-0.05, 0) is 35.1 Å². The van der Waals surface area contributed by atoms with Crippen molar-refractivity contribution in [3.63, 3.8) is 0 Å². The molecule has 1 atom stereocenters. The van der Waals surface area contributed by atoms with Gasteiger partial charge in [0.05, 0.1) is 6.61 Å². The Morgan fingerprint density at radius 2 is 1.67 bits per heavy atom. The highest BCUT2D eigenvalue weighted by molar-refractivity contribution is 5.81. The van der Waals surface area contributed by atoms with Crippen LogP contribution in [0.25, 0.3) is 11.1 Å². The quantitative estimate of drug-likeness (QED) is 0.487. The van der Waals surface area contributed by atoms with Crippen molar-refractivity contribution in [1.29, 1.82) is 0 Å². The first-order chi connectivity index (χ1) is 13.1. The van der Waals surface area contributed by atoms with E-state index in [1.165, 1.54) is 0 Å². The largest absolute Gasteiger partial charge is 0.480 e. The van der Waals surface area contributed by atoms with Crippen molar-refractivity contribution >= 4 is 12.1 Å². The van der Waals surface area contributed by atoms with Gasteiger partial charge in [0.15, 0.2) is 0 Å². The van der Waals surface area contributed by atoms with E-state index < -0.39 is 18.1 Å². The monoisotopic (exact) mass is 370 g/mol. The van der Waals surface area contributed by atoms with Gasteiger partial charge in [0.1, 0.15) is 12.6 Å². The Morgan fingerprint density at radius 1 is 1.07 bits per heavy atom. The molecule has 0 heterocycles. The molecule has 0 aliphatic heterocycles. The number of aliphatic carboxylic acids is 1. The topological polar surface area (TPSA) is 111 Å². The van der Waals surface area contributed by atoms with Crippen LogP contribution in [0, 0.1) is 0 Å². The van der Waals surface area contributed by atoms with Crippen LogP contribution in [0.5, 0.6) is 0 Å². The first-order valence-electron chi connectivity index (χ1n) is 8.77. The molecular weight excluding hydrogens is 348 g/mol. The lowest BCUT2D eigenvalue weighted by molar-refractivity contribution is -0.139. The highest BCUT2D eigenvalue weighted by Gasteiger charge is 2.29. The zero-order valence-electron chi connectivity index (χ0n) is 14.8. The van der Waals surface area contributed by atoms with Gasteiger partial charge in [0, 0.05) is 5.92 Å². The molecule has 7 nitrogen and oxygen atoms in total. The van der Waals surface area contributed by atoms with E-state index in [0.29, 0.717) is 6.42 Å². The molecule has 0 saturated heterocycles. The number of benzene rings is 2. The predicted molar refractivity (Wildman–Crippen MR) is 99.0 cm³/mol. The van der Waals surface area contributed by atoms with Gasteiger partial charge in [-0.15, -0.1) is 0 Å². The molecule has 0 bridgehead atoms. The van der Waals surface area contributed by atoms with E-state index in [0.717, 1.165) is 22.3 Å². The summed E-state index contributed by atoms with van der Waals surface area (Å²) in [5, 5.41) is 11.6. The van der Waals surface area contributed by atoms with Crippen molar-refractivity contribution in [2.75, 3.05) is 13.2 Å². The van der Waals surface area contributed by atoms with Crippen molar-refractivity contribution in [3.8, 4) is 11.1 Å². The summed E-state index contributed by atoms with van der Waals surface area (Å²) in [5.41, 5.74) is 4.46. The van der Waals surface area contributed by atoms with Crippen molar-refractivity contribution in [3.05, 3.63) is 59.7 Å². The second kappa shape index (κ2) is 8.66. The third-order valence-electron chi connectivity index (χ3n) is 4.69. The number of nitrogens with one attached hydrogen (secondary N) is 1. The molecule has 1 amide bonds. The number of hydrogen-bond donors (Lipinski definition) is 3. The molecule has 0 aromatic heterocycles. The summed E-state index contributed by atoms with van der Waals surface area (Å²) in [6.45, 7) is 0.355. The maximum Gasteiger partial charge on any atom is 0.407 e. The van der Waals surface area contributed by atoms with Gasteiger partial charge >= 0.3 is 12.1 Å². The van der Waals surface area contributed by atoms with Crippen LogP contribution in [0.4, 0.5) is 4.79 Å². The molecule has 3 rings (SSSR count). The van der Waals surface area contributed by atoms with Crippen molar-refractivity contribution in [1.82, 2.24) is 5.32 Å². The minimum atomic E-state index is -1.12. The number of hydrogen-bond acceptors (Lipinski definition) is 5. The summed E-state index contributed by atoms with van der Waals surface area (Å²) in [6.07, 6.45) is -0.133. The number of nitrogens with two attached hydrogens (primary N) is 1. The number of amides is 1. The molecule has 7 heteroatoms. The van der Waals surface area contributed by atoms with Gasteiger partial charge in [0.2, 0.25) is 0 Å². The average molecular weight is 370 g/mol. The lowest BCUT2D eigenvalue weighted by Gasteiger charge is -2.17. The Hall–Kier alpha value is -2.90. The first-order valence-corrected chi connectivity index (χ1v) is 8.77. The van der Waals surface area contributed by atoms with Gasteiger partial charge in [-0.2, -0.15) is 0 Å². The fourth-order valence-electron chi connectivity index (χ4n) is 3.41. The second-order valence-electron chi connectivity index (χ2n) is 6.37. The van der Waals surface area contributed by atoms with Crippen LogP contribution in [0.3, 0.4) is 0 Å². The molecule has 0 unspecified atom stereocenters. The number of carboxylic acids is 1. The van der Waals surface area contributed by atoms with Crippen molar-refractivity contribution in [2.45, 2.75) is 24.8 Å². The number of carboxylic acid groups (broad SMARTS) is 1. The summed E-state index contributed by atoms with van der Waals surface area (Å²) < 4.78 is 5.36. The van der Waals surface area contributed by atoms with Crippen molar-refractivity contribution in [2.24, 2.45) is 5.90 Å². The van der Waals surface area contributed by atoms with Crippen LogP contribution < -0.4 is 11.2 Å². The van der Waals surface area contributed by atoms with Crippen LogP contribution in [-0.2, 0) is 14.4 Å². The van der Waals surface area contributed by atoms with Gasteiger partial charge in [0.25, 0.3) is 0 Å². The van der Waals surface area contributed by atoms with E-state index in [9.17, 15) is 14.7 Å². The Balaban J connectivity index is 1.64. The number of fused-ring (bicyclic) bond motifs is 3. The Morgan fingerprint density at radius 3 is 2.22 bits per heavy atom. The Kier molecular flexibility index (Phi) is 6.05. The van der Waals surface area contributed by atoms with Crippen LogP contribution in [-0.4, -0.2) is 36.4 Å². The molecule has 1 aliphatic carbocycles. The number of rotatable bonds is 8. The maximum atomic E-state index is 12.1. The van der Waals surface area contributed by atoms with Crippen LogP contribution in [0.1, 0.15) is 29.9 Å². The van der Waals surface area contributed by atoms with E-state index in [4.69, 9.17) is 10.6 Å². The minimum Gasteiger partial charge on any atom is -0.480 e. The molecule has 1 aliphatic rings. The third kappa shape index (κ3) is 4.27. The maximum absolute atomic E-state index is 12.1. The fraction of sp³-hybridized carbons (Fsp3) is 0.300. The summed E-state index contributed by atoms with van der Waals surface area (Å²) in [5.74, 6) is 3.73. The molecule has 142 valence electrons. The normalized spacial score (nSPS) is 13.5. The molecular formula is C20H22N2O5. The third-order valence-corrected chi connectivity index (χ3v) is 4.69. The molecule has 2 aromatic carbocycles. The van der Waals surface area contributed by atoms with E-state index in [1.54, 1.807) is 0 Å². The zero-order valence-corrected chi connectivity index (χ0v) is 14.8. The smallest absolute Gasteiger partial charge is 0.407 e. The van der Waals surface area contributed by atoms with Gasteiger partial charge < -0.3 is 20.0 Å². The summed E-state index contributed by atoms with van der Waals surface area (Å²) >= 11 is 0. The number of alkyl carbamates (subject to hydrolysis) is 1. The van der Waals surface area contributed by atoms with E-state index in [2.05, 4.69) is 10.2 Å². The standard InChI is InChI=1S/C20H22N2O5/c21-27-11-5-10-18(19(23)24)22-20(25)26-12-17-15-8-3-1-6-13(15)14-7-2-4-9-16(14)17/h1-4,6-9,17-18H,5,10-12,21H2,(H,22,25)(H,23,24)/t18-/m0/s1. The second-order valence-corrected chi connectivity index (χ2v) is 6.37. The molecule has 0 radical (unpaired) electrons. The van der Waals surface area contributed by atoms with Crippen LogP contribution >= 0.6 is 0 Å². The predicted octanol–water partition coefficient (Wildman–Crippen LogP) is 2.65. The van der Waals surface area contributed by atoms with Crippen LogP contribution in [0.2, 0.25) is 0 Å². The summed E-state index contributed by atoms with van der Waals surface area (Å²) in [6, 6.07) is 15.0. The minimum absolute atomic E-state index is 0.0722. The molecule has 4 N–H and O–H groups in total. The summed E-state index contributed by atoms with van der Waals surface area (Å²) in [7, 11) is 0. The molecule has 0 spiro atoms. The molecule has 0 saturated carbocycles. The Bertz CT molecular complexity index is 778. The average Bonchev–Trinajstić information content (AvgIpc) is 2.99. The SMILES string of the molecule is NOCCC[C@H](NC(=O)OCC1c2ccccc2-c2ccccc21)C(=O)O. The molecule has 0 fully saturated rings. The highest BCUT2D eigenvalue weighted by atomic mass is 16.6. The summed E-state index contributed by atoms with van der Waals surface area (Å²) in [4.78, 5) is 27.8. The number of carbonyl (C=O) groups is 2. The fourth-order valence-corrected chi connectivity index (χ4v) is 3.41. The van der Waals surface area contributed by atoms with Gasteiger partial charge in [-0.1, -0.05) is 48.5 Å². The van der Waals surface area contributed by atoms with Gasteiger partial charge in [-0.3, -0.25) is 0 Å². The van der Waals surface area contributed by atoms with E-state index >= 15 is 0 Å². The number of carbonyl (C=O) groups excluding carboxylic acids is 1. The highest BCUT2D eigenvalue weighted by Crippen LogP contribution is 2.44. The Labute approximate surface area is 157 Å². The number of ether oxygens (including phenoxy) is 1. The lowest BCUT2D eigenvalue weighted by Crippen LogP contribution is -2.41. The zero-order chi connectivity index (χ0) is 19.2. The van der Waals surface area contributed by atoms with E-state index in [1.807, 2.05) is 48.5 Å². The van der Waals surface area contributed by atoms with Crippen LogP contribution in [0.15, 0.2) is 48.5 Å². The lowest BCUT2D eigenvalue weighted by atomic mass is 9.98. The first kappa shape index (κ1) is 18.9. The molecule has 27 heavy (non-hydrogen) atoms. The van der Waals surface area contributed by atoms with Crippen molar-refractivity contribution < 1.29 is 24.3 Å². The molecule has 2 aromatic rings. The van der Waals surface area contributed by atoms with Gasteiger partial charge in [-0.25, -0.2) is 15.5 Å².